The van der Waals surface area contributed by atoms with Crippen LogP contribution in [0.25, 0.3) is 11.4 Å². The quantitative estimate of drug-likeness (QED) is 0.805. The number of carboxylic acid groups (broad SMARTS) is 1. The molecule has 0 fully saturated rings. The first-order valence-electron chi connectivity index (χ1n) is 5.68. The van der Waals surface area contributed by atoms with Gasteiger partial charge in [-0.15, -0.1) is 20.4 Å². The lowest BCUT2D eigenvalue weighted by Gasteiger charge is -2.06. The molecule has 0 aliphatic rings. The zero-order valence-corrected chi connectivity index (χ0v) is 10.3. The number of carbonyl (C=O) groups is 1. The Morgan fingerprint density at radius 3 is 2.32 bits per heavy atom. The molecule has 0 spiro atoms. The molecule has 0 aliphatic heterocycles. The van der Waals surface area contributed by atoms with E-state index in [0.717, 1.165) is 11.1 Å². The average Bonchev–Trinajstić information content (AvgIpc) is 2.40. The number of nitrogens with two attached hydrogens (primary N) is 1. The van der Waals surface area contributed by atoms with E-state index in [2.05, 4.69) is 20.4 Å². The maximum absolute atomic E-state index is 10.7. The summed E-state index contributed by atoms with van der Waals surface area (Å²) in [6, 6.07) is 6.27. The van der Waals surface area contributed by atoms with Gasteiger partial charge in [-0.3, -0.25) is 4.79 Å². The molecule has 7 nitrogen and oxygen atoms in total. The number of benzene rings is 1. The molecule has 7 heteroatoms. The molecule has 1 atom stereocenters. The molecule has 1 aromatic heterocycles. The molecule has 0 saturated heterocycles. The van der Waals surface area contributed by atoms with Gasteiger partial charge in [-0.05, 0) is 18.9 Å². The van der Waals surface area contributed by atoms with E-state index in [-0.39, 0.29) is 6.42 Å². The Kier molecular flexibility index (Phi) is 3.76. The van der Waals surface area contributed by atoms with E-state index in [1.54, 1.807) is 31.2 Å². The number of aromatic nitrogens is 4. The van der Waals surface area contributed by atoms with Gasteiger partial charge in [-0.25, -0.2) is 0 Å². The van der Waals surface area contributed by atoms with E-state index in [9.17, 15) is 4.79 Å². The van der Waals surface area contributed by atoms with Crippen molar-refractivity contribution >= 4 is 5.97 Å². The Morgan fingerprint density at radius 2 is 1.79 bits per heavy atom. The van der Waals surface area contributed by atoms with Crippen molar-refractivity contribution in [1.29, 1.82) is 0 Å². The third kappa shape index (κ3) is 3.29. The molecule has 0 unspecified atom stereocenters. The maximum atomic E-state index is 10.7. The maximum Gasteiger partial charge on any atom is 0.320 e. The van der Waals surface area contributed by atoms with Crippen LogP contribution in [0.5, 0.6) is 0 Å². The SMILES string of the molecule is Cc1nnc(-c2ccc(C[C@H](N)C(=O)O)cc2)nn1. The summed E-state index contributed by atoms with van der Waals surface area (Å²) in [6.45, 7) is 1.71. The van der Waals surface area contributed by atoms with Gasteiger partial charge in [0, 0.05) is 5.56 Å². The fourth-order valence-electron chi connectivity index (χ4n) is 1.53. The molecule has 0 bridgehead atoms. The summed E-state index contributed by atoms with van der Waals surface area (Å²) >= 11 is 0. The molecule has 2 rings (SSSR count). The first-order valence-corrected chi connectivity index (χ1v) is 5.68. The lowest BCUT2D eigenvalue weighted by atomic mass is 10.0. The molecular formula is C12H13N5O2. The zero-order valence-electron chi connectivity index (χ0n) is 10.3. The second-order valence-corrected chi connectivity index (χ2v) is 4.12. The third-order valence-corrected chi connectivity index (χ3v) is 2.56. The van der Waals surface area contributed by atoms with Gasteiger partial charge in [0.05, 0.1) is 0 Å². The number of rotatable bonds is 4. The molecule has 2 aromatic rings. The van der Waals surface area contributed by atoms with E-state index < -0.39 is 12.0 Å². The molecular weight excluding hydrogens is 246 g/mol. The minimum Gasteiger partial charge on any atom is -0.480 e. The molecule has 0 radical (unpaired) electrons. The lowest BCUT2D eigenvalue weighted by molar-refractivity contribution is -0.138. The van der Waals surface area contributed by atoms with Gasteiger partial charge in [0.25, 0.3) is 0 Å². The van der Waals surface area contributed by atoms with Crippen molar-refractivity contribution < 1.29 is 9.90 Å². The molecule has 3 N–H and O–H groups in total. The van der Waals surface area contributed by atoms with Crippen molar-refractivity contribution in [1.82, 2.24) is 20.4 Å². The van der Waals surface area contributed by atoms with Crippen LogP contribution in [0.2, 0.25) is 0 Å². The van der Waals surface area contributed by atoms with Crippen LogP contribution in [0, 0.1) is 6.92 Å². The van der Waals surface area contributed by atoms with E-state index in [1.165, 1.54) is 0 Å². The second kappa shape index (κ2) is 5.49. The number of carboxylic acids is 1. The molecule has 0 saturated carbocycles. The van der Waals surface area contributed by atoms with Gasteiger partial charge in [-0.2, -0.15) is 0 Å². The largest absolute Gasteiger partial charge is 0.480 e. The van der Waals surface area contributed by atoms with Crippen LogP contribution in [0.3, 0.4) is 0 Å². The van der Waals surface area contributed by atoms with E-state index in [1.807, 2.05) is 0 Å². The van der Waals surface area contributed by atoms with E-state index >= 15 is 0 Å². The Labute approximate surface area is 109 Å². The van der Waals surface area contributed by atoms with Gasteiger partial charge < -0.3 is 10.8 Å². The number of aliphatic carboxylic acids is 1. The molecule has 98 valence electrons. The van der Waals surface area contributed by atoms with Crippen molar-refractivity contribution in [3.05, 3.63) is 35.7 Å². The first kappa shape index (κ1) is 13.0. The van der Waals surface area contributed by atoms with Crippen molar-refractivity contribution in [3.63, 3.8) is 0 Å². The van der Waals surface area contributed by atoms with Gasteiger partial charge in [0.15, 0.2) is 5.82 Å². The highest BCUT2D eigenvalue weighted by molar-refractivity contribution is 5.73. The van der Waals surface area contributed by atoms with Gasteiger partial charge >= 0.3 is 5.97 Å². The van der Waals surface area contributed by atoms with Crippen LogP contribution in [-0.2, 0) is 11.2 Å². The standard InChI is InChI=1S/C12H13N5O2/c1-7-14-16-11(17-15-7)9-4-2-8(3-5-9)6-10(13)12(18)19/h2-5,10H,6,13H2,1H3,(H,18,19)/t10-/m0/s1. The minimum atomic E-state index is -1.01. The van der Waals surface area contributed by atoms with Crippen molar-refractivity contribution in [3.8, 4) is 11.4 Å². The summed E-state index contributed by atoms with van der Waals surface area (Å²) in [7, 11) is 0. The summed E-state index contributed by atoms with van der Waals surface area (Å²) in [5.41, 5.74) is 7.08. The van der Waals surface area contributed by atoms with Crippen LogP contribution in [0.1, 0.15) is 11.4 Å². The summed E-state index contributed by atoms with van der Waals surface area (Å²) in [5, 5.41) is 24.2. The number of nitrogens with zero attached hydrogens (tertiary/aromatic N) is 4. The Hall–Kier alpha value is -2.41. The molecule has 1 heterocycles. The highest BCUT2D eigenvalue weighted by Gasteiger charge is 2.12. The van der Waals surface area contributed by atoms with Crippen molar-refractivity contribution in [2.24, 2.45) is 5.73 Å². The predicted octanol–water partition coefficient (Wildman–Crippen LogP) is 0.196. The Morgan fingerprint density at radius 1 is 1.21 bits per heavy atom. The van der Waals surface area contributed by atoms with E-state index in [0.29, 0.717) is 11.6 Å². The zero-order chi connectivity index (χ0) is 13.8. The second-order valence-electron chi connectivity index (χ2n) is 4.12. The normalized spacial score (nSPS) is 12.1. The molecule has 19 heavy (non-hydrogen) atoms. The minimum absolute atomic E-state index is 0.279. The summed E-state index contributed by atoms with van der Waals surface area (Å²) in [5.74, 6) is -0.0770. The first-order chi connectivity index (χ1) is 9.06. The molecule has 0 aliphatic carbocycles. The van der Waals surface area contributed by atoms with E-state index in [4.69, 9.17) is 10.8 Å². The summed E-state index contributed by atoms with van der Waals surface area (Å²) < 4.78 is 0. The fraction of sp³-hybridized carbons (Fsp3) is 0.250. The highest BCUT2D eigenvalue weighted by Crippen LogP contribution is 2.14. The van der Waals surface area contributed by atoms with Crippen molar-refractivity contribution in [2.45, 2.75) is 19.4 Å². The van der Waals surface area contributed by atoms with Crippen LogP contribution in [-0.4, -0.2) is 37.5 Å². The van der Waals surface area contributed by atoms with Crippen LogP contribution in [0.15, 0.2) is 24.3 Å². The fourth-order valence-corrected chi connectivity index (χ4v) is 1.53. The Bertz CT molecular complexity index is 568. The van der Waals surface area contributed by atoms with Gasteiger partial charge in [-0.1, -0.05) is 24.3 Å². The summed E-state index contributed by atoms with van der Waals surface area (Å²) in [6.07, 6.45) is 0.279. The van der Waals surface area contributed by atoms with Gasteiger partial charge in [0.2, 0.25) is 5.82 Å². The summed E-state index contributed by atoms with van der Waals surface area (Å²) in [4.78, 5) is 10.7. The van der Waals surface area contributed by atoms with Crippen LogP contribution in [0.4, 0.5) is 0 Å². The van der Waals surface area contributed by atoms with Crippen LogP contribution < -0.4 is 5.73 Å². The smallest absolute Gasteiger partial charge is 0.320 e. The van der Waals surface area contributed by atoms with Gasteiger partial charge in [0.1, 0.15) is 6.04 Å². The van der Waals surface area contributed by atoms with Crippen molar-refractivity contribution in [2.75, 3.05) is 0 Å². The third-order valence-electron chi connectivity index (χ3n) is 2.56. The number of aryl methyl sites for hydroxylation is 1. The lowest BCUT2D eigenvalue weighted by Crippen LogP contribution is -2.32. The number of hydrogen-bond donors (Lipinski definition) is 2. The average molecular weight is 259 g/mol. The predicted molar refractivity (Wildman–Crippen MR) is 67.1 cm³/mol. The monoisotopic (exact) mass is 259 g/mol. The molecule has 0 amide bonds. The van der Waals surface area contributed by atoms with Crippen LogP contribution >= 0.6 is 0 Å². The Balaban J connectivity index is 2.14. The highest BCUT2D eigenvalue weighted by atomic mass is 16.4. The molecule has 1 aromatic carbocycles. The number of hydrogen-bond acceptors (Lipinski definition) is 6. The topological polar surface area (TPSA) is 115 Å².